The van der Waals surface area contributed by atoms with E-state index in [0.29, 0.717) is 11.8 Å². The predicted molar refractivity (Wildman–Crippen MR) is 67.1 cm³/mol. The van der Waals surface area contributed by atoms with Crippen molar-refractivity contribution in [1.29, 1.82) is 0 Å². The van der Waals surface area contributed by atoms with Crippen LogP contribution in [0, 0.1) is 11.7 Å². The first kappa shape index (κ1) is 13.2. The van der Waals surface area contributed by atoms with Gasteiger partial charge in [0.05, 0.1) is 0 Å². The molecule has 90 valence electrons. The summed E-state index contributed by atoms with van der Waals surface area (Å²) < 4.78 is 13.1. The van der Waals surface area contributed by atoms with E-state index < -0.39 is 0 Å². The summed E-state index contributed by atoms with van der Waals surface area (Å²) in [5.74, 6) is 0.930. The summed E-state index contributed by atoms with van der Waals surface area (Å²) >= 11 is 0. The Bertz CT molecular complexity index is 309. The molecule has 0 aliphatic heterocycles. The van der Waals surface area contributed by atoms with Crippen molar-refractivity contribution in [2.45, 2.75) is 33.1 Å². The zero-order chi connectivity index (χ0) is 12.0. The number of benzene rings is 1. The third-order valence-corrected chi connectivity index (χ3v) is 2.76. The molecule has 0 spiro atoms. The Morgan fingerprint density at radius 1 is 1.25 bits per heavy atom. The van der Waals surface area contributed by atoms with Gasteiger partial charge in [-0.3, -0.25) is 0 Å². The molecule has 0 fully saturated rings. The summed E-state index contributed by atoms with van der Waals surface area (Å²) in [6, 6.07) is 6.94. The van der Waals surface area contributed by atoms with E-state index in [9.17, 15) is 4.39 Å². The molecule has 1 aromatic rings. The van der Waals surface area contributed by atoms with Crippen LogP contribution in [0.15, 0.2) is 24.3 Å². The van der Waals surface area contributed by atoms with Crippen molar-refractivity contribution >= 4 is 0 Å². The molecule has 0 radical (unpaired) electrons. The first-order valence-electron chi connectivity index (χ1n) is 6.09. The van der Waals surface area contributed by atoms with Crippen molar-refractivity contribution in [3.63, 3.8) is 0 Å². The molecular formula is C14H22FN. The molecule has 0 aliphatic carbocycles. The van der Waals surface area contributed by atoms with Gasteiger partial charge in [-0.1, -0.05) is 32.9 Å². The Labute approximate surface area is 98.1 Å². The summed E-state index contributed by atoms with van der Waals surface area (Å²) in [7, 11) is 0. The van der Waals surface area contributed by atoms with Gasteiger partial charge in [-0.25, -0.2) is 4.39 Å². The van der Waals surface area contributed by atoms with E-state index in [-0.39, 0.29) is 5.82 Å². The van der Waals surface area contributed by atoms with Gasteiger partial charge in [-0.15, -0.1) is 0 Å². The van der Waals surface area contributed by atoms with E-state index in [2.05, 4.69) is 26.1 Å². The van der Waals surface area contributed by atoms with Gasteiger partial charge in [0.2, 0.25) is 0 Å². The zero-order valence-corrected chi connectivity index (χ0v) is 10.5. The fourth-order valence-electron chi connectivity index (χ4n) is 1.80. The van der Waals surface area contributed by atoms with Gasteiger partial charge in [-0.2, -0.15) is 0 Å². The van der Waals surface area contributed by atoms with Gasteiger partial charge in [0, 0.05) is 6.54 Å². The molecule has 1 aromatic carbocycles. The van der Waals surface area contributed by atoms with E-state index >= 15 is 0 Å². The van der Waals surface area contributed by atoms with E-state index in [1.165, 1.54) is 6.07 Å². The van der Waals surface area contributed by atoms with Crippen LogP contribution in [0.1, 0.15) is 38.7 Å². The van der Waals surface area contributed by atoms with Gasteiger partial charge in [-0.05, 0) is 42.5 Å². The first-order valence-corrected chi connectivity index (χ1v) is 6.09. The number of hydrogen-bond acceptors (Lipinski definition) is 1. The molecule has 2 heteroatoms. The fourth-order valence-corrected chi connectivity index (χ4v) is 1.80. The second-order valence-electron chi connectivity index (χ2n) is 4.71. The summed E-state index contributed by atoms with van der Waals surface area (Å²) in [6.45, 7) is 8.48. The summed E-state index contributed by atoms with van der Waals surface area (Å²) in [5, 5.41) is 3.43. The lowest BCUT2D eigenvalue weighted by molar-refractivity contribution is 0.507. The number of rotatable bonds is 6. The van der Waals surface area contributed by atoms with Crippen molar-refractivity contribution in [2.24, 2.45) is 5.92 Å². The average molecular weight is 223 g/mol. The molecule has 0 aromatic heterocycles. The molecular weight excluding hydrogens is 201 g/mol. The van der Waals surface area contributed by atoms with Crippen molar-refractivity contribution < 1.29 is 4.39 Å². The van der Waals surface area contributed by atoms with E-state index in [1.54, 1.807) is 12.1 Å². The highest BCUT2D eigenvalue weighted by molar-refractivity contribution is 5.20. The standard InChI is InChI=1S/C14H22FN/c1-4-12(10-16-9-11(2)3)13-6-5-7-14(15)8-13/h5-8,11-12,16H,4,9-10H2,1-3H3. The average Bonchev–Trinajstić information content (AvgIpc) is 2.24. The molecule has 0 saturated carbocycles. The maximum Gasteiger partial charge on any atom is 0.123 e. The third-order valence-electron chi connectivity index (χ3n) is 2.76. The molecule has 0 saturated heterocycles. The predicted octanol–water partition coefficient (Wildman–Crippen LogP) is 3.56. The van der Waals surface area contributed by atoms with Crippen molar-refractivity contribution in [2.75, 3.05) is 13.1 Å². The van der Waals surface area contributed by atoms with Crippen LogP contribution in [-0.4, -0.2) is 13.1 Å². The highest BCUT2D eigenvalue weighted by atomic mass is 19.1. The van der Waals surface area contributed by atoms with Crippen molar-refractivity contribution in [1.82, 2.24) is 5.32 Å². The first-order chi connectivity index (χ1) is 7.63. The Balaban J connectivity index is 2.53. The normalized spacial score (nSPS) is 13.1. The molecule has 1 unspecified atom stereocenters. The molecule has 0 aliphatic rings. The van der Waals surface area contributed by atoms with E-state index in [0.717, 1.165) is 25.1 Å². The summed E-state index contributed by atoms with van der Waals surface area (Å²) in [4.78, 5) is 0. The maximum absolute atomic E-state index is 13.1. The van der Waals surface area contributed by atoms with Gasteiger partial charge in [0.15, 0.2) is 0 Å². The molecule has 0 bridgehead atoms. The zero-order valence-electron chi connectivity index (χ0n) is 10.5. The Hall–Kier alpha value is -0.890. The Morgan fingerprint density at radius 3 is 2.56 bits per heavy atom. The molecule has 1 rings (SSSR count). The molecule has 0 amide bonds. The fraction of sp³-hybridized carbons (Fsp3) is 0.571. The minimum absolute atomic E-state index is 0.139. The SMILES string of the molecule is CCC(CNCC(C)C)c1cccc(F)c1. The van der Waals surface area contributed by atoms with Crippen LogP contribution < -0.4 is 5.32 Å². The molecule has 1 N–H and O–H groups in total. The van der Waals surface area contributed by atoms with Crippen LogP contribution in [-0.2, 0) is 0 Å². The summed E-state index contributed by atoms with van der Waals surface area (Å²) in [5.41, 5.74) is 1.10. The van der Waals surface area contributed by atoms with Crippen molar-refractivity contribution in [3.05, 3.63) is 35.6 Å². The monoisotopic (exact) mass is 223 g/mol. The topological polar surface area (TPSA) is 12.0 Å². The quantitative estimate of drug-likeness (QED) is 0.777. The maximum atomic E-state index is 13.1. The highest BCUT2D eigenvalue weighted by Gasteiger charge is 2.09. The second kappa shape index (κ2) is 6.64. The second-order valence-corrected chi connectivity index (χ2v) is 4.71. The number of halogens is 1. The lowest BCUT2D eigenvalue weighted by Crippen LogP contribution is -2.25. The van der Waals surface area contributed by atoms with Crippen molar-refractivity contribution in [3.8, 4) is 0 Å². The molecule has 1 nitrogen and oxygen atoms in total. The molecule has 0 heterocycles. The molecule has 1 atom stereocenters. The van der Waals surface area contributed by atoms with Crippen LogP contribution in [0.4, 0.5) is 4.39 Å². The summed E-state index contributed by atoms with van der Waals surface area (Å²) in [6.07, 6.45) is 1.04. The Kier molecular flexibility index (Phi) is 5.47. The number of nitrogens with one attached hydrogen (secondary N) is 1. The minimum Gasteiger partial charge on any atom is -0.316 e. The third kappa shape index (κ3) is 4.31. The lowest BCUT2D eigenvalue weighted by Gasteiger charge is -2.17. The van der Waals surface area contributed by atoms with Crippen LogP contribution in [0.2, 0.25) is 0 Å². The van der Waals surface area contributed by atoms with Gasteiger partial charge in [0.1, 0.15) is 5.82 Å². The van der Waals surface area contributed by atoms with Crippen LogP contribution in [0.3, 0.4) is 0 Å². The van der Waals surface area contributed by atoms with E-state index in [1.807, 2.05) is 6.07 Å². The van der Waals surface area contributed by atoms with Crippen LogP contribution in [0.25, 0.3) is 0 Å². The smallest absolute Gasteiger partial charge is 0.123 e. The van der Waals surface area contributed by atoms with Crippen LogP contribution >= 0.6 is 0 Å². The van der Waals surface area contributed by atoms with Gasteiger partial charge >= 0.3 is 0 Å². The largest absolute Gasteiger partial charge is 0.316 e. The van der Waals surface area contributed by atoms with Crippen LogP contribution in [0.5, 0.6) is 0 Å². The van der Waals surface area contributed by atoms with E-state index in [4.69, 9.17) is 0 Å². The number of hydrogen-bond donors (Lipinski definition) is 1. The Morgan fingerprint density at radius 2 is 2.00 bits per heavy atom. The highest BCUT2D eigenvalue weighted by Crippen LogP contribution is 2.19. The van der Waals surface area contributed by atoms with Gasteiger partial charge in [0.25, 0.3) is 0 Å². The molecule has 16 heavy (non-hydrogen) atoms. The lowest BCUT2D eigenvalue weighted by atomic mass is 9.96. The van der Waals surface area contributed by atoms with Gasteiger partial charge < -0.3 is 5.32 Å². The minimum atomic E-state index is -0.139.